The van der Waals surface area contributed by atoms with Crippen LogP contribution >= 0.6 is 0 Å². The molecule has 78 heavy (non-hydrogen) atoms. The lowest BCUT2D eigenvalue weighted by Crippen LogP contribution is -2.52. The van der Waals surface area contributed by atoms with Crippen molar-refractivity contribution in [3.05, 3.63) is 120 Å². The number of esters is 2. The van der Waals surface area contributed by atoms with Gasteiger partial charge in [-0.1, -0.05) is 109 Å². The minimum atomic E-state index is -0.328. The largest absolute Gasteiger partial charge is 0.462 e. The van der Waals surface area contributed by atoms with Crippen molar-refractivity contribution in [1.29, 1.82) is 10.8 Å². The van der Waals surface area contributed by atoms with Gasteiger partial charge in [0.1, 0.15) is 12.2 Å². The summed E-state index contributed by atoms with van der Waals surface area (Å²) in [7, 11) is 0. The first kappa shape index (κ1) is 51.5. The molecule has 0 radical (unpaired) electrons. The number of piperazine rings is 2. The molecular formula is C64H74N8O6. The molecule has 2 heterocycles. The molecule has 2 saturated heterocycles. The van der Waals surface area contributed by atoms with Crippen molar-refractivity contribution in [3.8, 4) is 0 Å². The first-order chi connectivity index (χ1) is 37.9. The van der Waals surface area contributed by atoms with Crippen molar-refractivity contribution in [1.82, 2.24) is 19.6 Å². The van der Waals surface area contributed by atoms with E-state index in [1.807, 2.05) is 0 Å². The number of amides is 2. The Balaban J connectivity index is 0.809. The van der Waals surface area contributed by atoms with Crippen LogP contribution in [-0.2, 0) is 28.7 Å². The summed E-state index contributed by atoms with van der Waals surface area (Å²) in [4.78, 5) is 61.8. The number of benzene rings is 6. The molecule has 0 spiro atoms. The summed E-state index contributed by atoms with van der Waals surface area (Å²) in [6, 6.07) is 39.7. The van der Waals surface area contributed by atoms with Crippen LogP contribution in [0.15, 0.2) is 109 Å². The molecule has 6 N–H and O–H groups in total. The molecule has 6 aliphatic rings. The van der Waals surface area contributed by atoms with Crippen molar-refractivity contribution < 1.29 is 28.7 Å². The number of ether oxygens (including phenoxy) is 2. The Morgan fingerprint density at radius 3 is 1.22 bits per heavy atom. The lowest BCUT2D eigenvalue weighted by atomic mass is 9.50. The summed E-state index contributed by atoms with van der Waals surface area (Å²) in [5, 5.41) is 25.2. The van der Waals surface area contributed by atoms with Gasteiger partial charge in [0.05, 0.1) is 12.8 Å². The number of hydrogen-bond acceptors (Lipinski definition) is 8. The van der Waals surface area contributed by atoms with Crippen LogP contribution < -0.4 is 11.5 Å². The minimum Gasteiger partial charge on any atom is -0.462 e. The third kappa shape index (κ3) is 10.3. The van der Waals surface area contributed by atoms with E-state index in [4.69, 9.17) is 31.8 Å². The molecule has 10 atom stereocenters. The maximum atomic E-state index is 14.0. The predicted octanol–water partition coefficient (Wildman–Crippen LogP) is 9.50. The highest BCUT2D eigenvalue weighted by molar-refractivity contribution is 6.08. The molecule has 14 nitrogen and oxygen atoms in total. The zero-order chi connectivity index (χ0) is 53.6. The Labute approximate surface area is 456 Å². The normalized spacial score (nSPS) is 27.2. The van der Waals surface area contributed by atoms with Crippen LogP contribution in [0.2, 0.25) is 0 Å². The standard InChI is InChI=1S/C64H74N8O6/c65-63(66)71-29-25-69(26-30-71)57(73)21-23-59(75)77-55-19-15-43-35-47-36-44-16-20-56(78-60(76)24-22-58(74)70-27-31-72(32-28-70)64(67)68)62(46-14-18-52-42(34-46)12-10-40-6-2-4-8-50(40)52)54(44)38-48(47)37-53(43)61(55)45-13-17-51-41(33-45)11-9-39-5-1-3-7-49(39)51/h1-14,17-18,33-34,43-44,47-48,53-56,61-62H,15-16,19-32,35-38H2,(H3,65,66)(H3,67,68)/t43-,44+,47?,48?,53-,54+,55+,56-,61+,62-. The molecule has 4 aliphatic carbocycles. The molecule has 0 aromatic heterocycles. The van der Waals surface area contributed by atoms with Gasteiger partial charge in [0.25, 0.3) is 0 Å². The second-order valence-electron chi connectivity index (χ2n) is 23.6. The number of fused-ring (bicyclic) bond motifs is 9. The van der Waals surface area contributed by atoms with E-state index in [1.54, 1.807) is 19.6 Å². The van der Waals surface area contributed by atoms with Crippen LogP contribution in [-0.4, -0.2) is 120 Å². The number of nitrogens with one attached hydrogen (secondary N) is 2. The predicted molar refractivity (Wildman–Crippen MR) is 305 cm³/mol. The zero-order valence-electron chi connectivity index (χ0n) is 44.7. The number of nitrogens with two attached hydrogens (primary N) is 2. The Hall–Kier alpha value is -7.22. The smallest absolute Gasteiger partial charge is 0.306 e. The highest BCUT2D eigenvalue weighted by Gasteiger charge is 2.53. The molecule has 2 aliphatic heterocycles. The monoisotopic (exact) mass is 1050 g/mol. The van der Waals surface area contributed by atoms with Crippen molar-refractivity contribution in [2.24, 2.45) is 47.0 Å². The Morgan fingerprint density at radius 1 is 0.423 bits per heavy atom. The molecule has 12 rings (SSSR count). The summed E-state index contributed by atoms with van der Waals surface area (Å²) in [6.07, 6.45) is 7.50. The van der Waals surface area contributed by atoms with Gasteiger partial charge in [-0.25, -0.2) is 0 Å². The third-order valence-electron chi connectivity index (χ3n) is 19.5. The highest BCUT2D eigenvalue weighted by atomic mass is 16.5. The second kappa shape index (κ2) is 21.9. The Bertz CT molecular complexity index is 3080. The lowest BCUT2D eigenvalue weighted by molar-refractivity contribution is -0.158. The molecule has 2 amide bonds. The Morgan fingerprint density at radius 2 is 0.795 bits per heavy atom. The van der Waals surface area contributed by atoms with E-state index in [0.717, 1.165) is 51.4 Å². The van der Waals surface area contributed by atoms with E-state index < -0.39 is 0 Å². The fourth-order valence-electron chi connectivity index (χ4n) is 15.6. The van der Waals surface area contributed by atoms with Gasteiger partial charge < -0.3 is 40.5 Å². The van der Waals surface area contributed by atoms with Gasteiger partial charge in [0.15, 0.2) is 11.9 Å². The van der Waals surface area contributed by atoms with Crippen molar-refractivity contribution in [2.75, 3.05) is 52.4 Å². The lowest BCUT2D eigenvalue weighted by Gasteiger charge is -2.56. The summed E-state index contributed by atoms with van der Waals surface area (Å²) >= 11 is 0. The van der Waals surface area contributed by atoms with Gasteiger partial charge in [-0.15, -0.1) is 0 Å². The molecule has 14 heteroatoms. The number of carbonyl (C=O) groups is 4. The highest BCUT2D eigenvalue weighted by Crippen LogP contribution is 2.60. The van der Waals surface area contributed by atoms with Gasteiger partial charge in [-0.3, -0.25) is 30.0 Å². The molecule has 6 aromatic carbocycles. The van der Waals surface area contributed by atoms with E-state index >= 15 is 0 Å². The Kier molecular flexibility index (Phi) is 14.5. The van der Waals surface area contributed by atoms with Crippen LogP contribution in [0.5, 0.6) is 0 Å². The summed E-state index contributed by atoms with van der Waals surface area (Å²) in [5.74, 6) is 1.80. The molecule has 6 fully saturated rings. The van der Waals surface area contributed by atoms with E-state index in [2.05, 4.69) is 109 Å². The first-order valence-corrected chi connectivity index (χ1v) is 28.9. The summed E-state index contributed by atoms with van der Waals surface area (Å²) in [5.41, 5.74) is 13.8. The van der Waals surface area contributed by atoms with Gasteiger partial charge in [-0.05, 0) is 141 Å². The van der Waals surface area contributed by atoms with Crippen LogP contribution in [0.3, 0.4) is 0 Å². The van der Waals surface area contributed by atoms with Gasteiger partial charge >= 0.3 is 11.9 Å². The third-order valence-corrected chi connectivity index (χ3v) is 19.5. The average Bonchev–Trinajstić information content (AvgIpc) is 3.60. The molecule has 2 unspecified atom stereocenters. The fourth-order valence-corrected chi connectivity index (χ4v) is 15.6. The zero-order valence-corrected chi connectivity index (χ0v) is 44.7. The first-order valence-electron chi connectivity index (χ1n) is 28.9. The van der Waals surface area contributed by atoms with Crippen LogP contribution in [0.4, 0.5) is 0 Å². The SMILES string of the molecule is N=C(N)N1CCN(C(=O)CCC(=O)O[C@H]2CC[C@@H]3CC4C[C@@H]5CC[C@@H](OC(=O)CCC(=O)N6CCN(C(=N)N)CC6)[C@H](c6ccc7c(ccc8ccccc87)c6)[C@H]5CC4C[C@H]3[C@@H]2c2ccc3c(ccc4ccccc43)c2)CC1. The van der Waals surface area contributed by atoms with Crippen LogP contribution in [0.1, 0.15) is 100 Å². The minimum absolute atomic E-state index is 0.00973. The van der Waals surface area contributed by atoms with Crippen molar-refractivity contribution in [3.63, 3.8) is 0 Å². The number of hydrogen-bond donors (Lipinski definition) is 4. The van der Waals surface area contributed by atoms with Crippen LogP contribution in [0.25, 0.3) is 43.1 Å². The number of rotatable bonds is 10. The van der Waals surface area contributed by atoms with Crippen LogP contribution in [0, 0.1) is 46.3 Å². The van der Waals surface area contributed by atoms with E-state index in [9.17, 15) is 19.2 Å². The number of nitrogens with zero attached hydrogens (tertiary/aromatic N) is 4. The van der Waals surface area contributed by atoms with E-state index in [0.29, 0.717) is 87.9 Å². The quantitative estimate of drug-likeness (QED) is 0.0444. The van der Waals surface area contributed by atoms with E-state index in [1.165, 1.54) is 54.2 Å². The molecular weight excluding hydrogens is 977 g/mol. The van der Waals surface area contributed by atoms with Crippen molar-refractivity contribution >= 4 is 78.8 Å². The van der Waals surface area contributed by atoms with Gasteiger partial charge in [-0.2, -0.15) is 0 Å². The van der Waals surface area contributed by atoms with Gasteiger partial charge in [0.2, 0.25) is 11.8 Å². The number of guanidine groups is 2. The summed E-state index contributed by atoms with van der Waals surface area (Å²) < 4.78 is 13.2. The summed E-state index contributed by atoms with van der Waals surface area (Å²) in [6.45, 7) is 3.91. The maximum Gasteiger partial charge on any atom is 0.306 e. The van der Waals surface area contributed by atoms with E-state index in [-0.39, 0.29) is 85.4 Å². The molecule has 4 saturated carbocycles. The topological polar surface area (TPSA) is 199 Å². The number of carbonyl (C=O) groups excluding carboxylic acids is 4. The molecule has 6 aromatic rings. The maximum absolute atomic E-state index is 14.0. The van der Waals surface area contributed by atoms with Gasteiger partial charge in [0, 0.05) is 77.0 Å². The van der Waals surface area contributed by atoms with Crippen molar-refractivity contribution in [2.45, 2.75) is 101 Å². The average molecular weight is 1050 g/mol. The fraction of sp³-hybridized carbons (Fsp3) is 0.469. The second-order valence-corrected chi connectivity index (χ2v) is 23.6. The molecule has 406 valence electrons. The molecule has 0 bridgehead atoms.